The highest BCUT2D eigenvalue weighted by atomic mass is 16.6. The Morgan fingerprint density at radius 2 is 1.80 bits per heavy atom. The molecule has 2 aromatic rings. The van der Waals surface area contributed by atoms with Crippen molar-refractivity contribution in [3.05, 3.63) is 75.8 Å². The molecule has 0 bridgehead atoms. The van der Waals surface area contributed by atoms with E-state index >= 15 is 0 Å². The number of hydrogen-bond acceptors (Lipinski definition) is 4. The molecule has 7 heteroatoms. The fourth-order valence-electron chi connectivity index (χ4n) is 2.25. The molecule has 2 aromatic carbocycles. The molecule has 130 valence electrons. The van der Waals surface area contributed by atoms with Gasteiger partial charge in [0.15, 0.2) is 0 Å². The standard InChI is InChI=1S/C18H19N3O4/c1-13(14-6-3-2-4-7-14)11-19-17(22)12-20-18(23)15-8-5-9-16(10-15)21(24)25/h2-10,13H,11-12H2,1H3,(H,19,22)(H,20,23). The van der Waals surface area contributed by atoms with Crippen LogP contribution in [-0.4, -0.2) is 29.8 Å². The average molecular weight is 341 g/mol. The van der Waals surface area contributed by atoms with Gasteiger partial charge >= 0.3 is 0 Å². The van der Waals surface area contributed by atoms with Crippen LogP contribution in [0.1, 0.15) is 28.8 Å². The Kier molecular flexibility index (Phi) is 6.22. The highest BCUT2D eigenvalue weighted by Crippen LogP contribution is 2.13. The van der Waals surface area contributed by atoms with Gasteiger partial charge in [-0.1, -0.05) is 43.3 Å². The third-order valence-corrected chi connectivity index (χ3v) is 3.70. The lowest BCUT2D eigenvalue weighted by molar-refractivity contribution is -0.384. The van der Waals surface area contributed by atoms with Crippen molar-refractivity contribution >= 4 is 17.5 Å². The van der Waals surface area contributed by atoms with E-state index in [1.165, 1.54) is 24.3 Å². The Balaban J connectivity index is 1.80. The summed E-state index contributed by atoms with van der Waals surface area (Å²) in [5, 5.41) is 15.9. The SMILES string of the molecule is CC(CNC(=O)CNC(=O)c1cccc([N+](=O)[O-])c1)c1ccccc1. The molecule has 25 heavy (non-hydrogen) atoms. The first kappa shape index (κ1) is 18.1. The van der Waals surface area contributed by atoms with Crippen molar-refractivity contribution < 1.29 is 14.5 Å². The molecule has 2 rings (SSSR count). The molecule has 2 N–H and O–H groups in total. The van der Waals surface area contributed by atoms with E-state index in [0.717, 1.165) is 5.56 Å². The second-order valence-corrected chi connectivity index (χ2v) is 5.61. The van der Waals surface area contributed by atoms with E-state index in [0.29, 0.717) is 6.54 Å². The lowest BCUT2D eigenvalue weighted by atomic mass is 10.0. The first-order chi connectivity index (χ1) is 12.0. The summed E-state index contributed by atoms with van der Waals surface area (Å²) in [4.78, 5) is 34.0. The zero-order chi connectivity index (χ0) is 18.2. The van der Waals surface area contributed by atoms with Gasteiger partial charge in [-0.15, -0.1) is 0 Å². The van der Waals surface area contributed by atoms with Gasteiger partial charge in [-0.25, -0.2) is 0 Å². The molecule has 0 aliphatic rings. The highest BCUT2D eigenvalue weighted by Gasteiger charge is 2.13. The first-order valence-electron chi connectivity index (χ1n) is 7.81. The van der Waals surface area contributed by atoms with E-state index in [1.54, 1.807) is 0 Å². The third kappa shape index (κ3) is 5.42. The van der Waals surface area contributed by atoms with Crippen molar-refractivity contribution in [2.45, 2.75) is 12.8 Å². The van der Waals surface area contributed by atoms with Crippen LogP contribution in [0.25, 0.3) is 0 Å². The Labute approximate surface area is 145 Å². The van der Waals surface area contributed by atoms with Crippen LogP contribution < -0.4 is 10.6 Å². The summed E-state index contributed by atoms with van der Waals surface area (Å²) in [6, 6.07) is 15.1. The molecule has 0 aromatic heterocycles. The van der Waals surface area contributed by atoms with Crippen molar-refractivity contribution in [1.29, 1.82) is 0 Å². The van der Waals surface area contributed by atoms with E-state index < -0.39 is 10.8 Å². The third-order valence-electron chi connectivity index (χ3n) is 3.70. The van der Waals surface area contributed by atoms with Crippen molar-refractivity contribution in [3.8, 4) is 0 Å². The summed E-state index contributed by atoms with van der Waals surface area (Å²) >= 11 is 0. The van der Waals surface area contributed by atoms with Gasteiger partial charge in [-0.3, -0.25) is 19.7 Å². The minimum Gasteiger partial charge on any atom is -0.354 e. The van der Waals surface area contributed by atoms with Crippen LogP contribution in [0.5, 0.6) is 0 Å². The van der Waals surface area contributed by atoms with Gasteiger partial charge in [0.2, 0.25) is 5.91 Å². The van der Waals surface area contributed by atoms with E-state index in [-0.39, 0.29) is 29.6 Å². The molecule has 0 saturated heterocycles. The van der Waals surface area contributed by atoms with Gasteiger partial charge in [-0.2, -0.15) is 0 Å². The van der Waals surface area contributed by atoms with E-state index in [9.17, 15) is 19.7 Å². The quantitative estimate of drug-likeness (QED) is 0.595. The zero-order valence-corrected chi connectivity index (χ0v) is 13.8. The van der Waals surface area contributed by atoms with Gasteiger partial charge in [0.25, 0.3) is 11.6 Å². The molecule has 0 spiro atoms. The average Bonchev–Trinajstić information content (AvgIpc) is 2.64. The predicted molar refractivity (Wildman–Crippen MR) is 93.3 cm³/mol. The first-order valence-corrected chi connectivity index (χ1v) is 7.81. The van der Waals surface area contributed by atoms with E-state index in [4.69, 9.17) is 0 Å². The van der Waals surface area contributed by atoms with Crippen molar-refractivity contribution in [3.63, 3.8) is 0 Å². The molecule has 0 radical (unpaired) electrons. The molecule has 2 amide bonds. The van der Waals surface area contributed by atoms with Crippen LogP contribution in [0.2, 0.25) is 0 Å². The fraction of sp³-hybridized carbons (Fsp3) is 0.222. The lowest BCUT2D eigenvalue weighted by Crippen LogP contribution is -2.38. The molecular weight excluding hydrogens is 322 g/mol. The zero-order valence-electron chi connectivity index (χ0n) is 13.8. The molecular formula is C18H19N3O4. The molecule has 0 aliphatic carbocycles. The maximum absolute atomic E-state index is 12.0. The predicted octanol–water partition coefficient (Wildman–Crippen LogP) is 2.24. The summed E-state index contributed by atoms with van der Waals surface area (Å²) in [6.07, 6.45) is 0. The van der Waals surface area contributed by atoms with Gasteiger partial charge in [0.1, 0.15) is 0 Å². The number of carbonyl (C=O) groups is 2. The minimum absolute atomic E-state index is 0.139. The van der Waals surface area contributed by atoms with Crippen molar-refractivity contribution in [1.82, 2.24) is 10.6 Å². The molecule has 0 heterocycles. The van der Waals surface area contributed by atoms with Crippen LogP contribution in [0, 0.1) is 10.1 Å². The number of nitrogens with one attached hydrogen (secondary N) is 2. The van der Waals surface area contributed by atoms with Crippen LogP contribution in [0.3, 0.4) is 0 Å². The van der Waals surface area contributed by atoms with Crippen LogP contribution >= 0.6 is 0 Å². The minimum atomic E-state index is -0.575. The number of non-ortho nitro benzene ring substituents is 1. The Hall–Kier alpha value is -3.22. The number of rotatable bonds is 7. The summed E-state index contributed by atoms with van der Waals surface area (Å²) in [7, 11) is 0. The Morgan fingerprint density at radius 1 is 1.08 bits per heavy atom. The molecule has 0 saturated carbocycles. The van der Waals surface area contributed by atoms with E-state index in [1.807, 2.05) is 37.3 Å². The summed E-state index contributed by atoms with van der Waals surface area (Å²) < 4.78 is 0. The largest absolute Gasteiger partial charge is 0.354 e. The molecule has 0 fully saturated rings. The number of carbonyl (C=O) groups excluding carboxylic acids is 2. The van der Waals surface area contributed by atoms with Gasteiger partial charge in [0, 0.05) is 24.2 Å². The lowest BCUT2D eigenvalue weighted by Gasteiger charge is -2.13. The Bertz CT molecular complexity index is 762. The summed E-state index contributed by atoms with van der Waals surface area (Å²) in [6.45, 7) is 2.26. The smallest absolute Gasteiger partial charge is 0.270 e. The van der Waals surface area contributed by atoms with Gasteiger partial charge in [-0.05, 0) is 17.5 Å². The fourth-order valence-corrected chi connectivity index (χ4v) is 2.25. The summed E-state index contributed by atoms with van der Waals surface area (Å²) in [5.74, 6) is -0.700. The van der Waals surface area contributed by atoms with Crippen LogP contribution in [0.15, 0.2) is 54.6 Å². The van der Waals surface area contributed by atoms with Gasteiger partial charge in [0.05, 0.1) is 11.5 Å². The normalized spacial score (nSPS) is 11.4. The van der Waals surface area contributed by atoms with Crippen LogP contribution in [-0.2, 0) is 4.79 Å². The molecule has 1 unspecified atom stereocenters. The van der Waals surface area contributed by atoms with Crippen LogP contribution in [0.4, 0.5) is 5.69 Å². The number of benzene rings is 2. The number of amides is 2. The topological polar surface area (TPSA) is 101 Å². The number of nitro groups is 1. The van der Waals surface area contributed by atoms with Crippen molar-refractivity contribution in [2.24, 2.45) is 0 Å². The number of nitrogens with zero attached hydrogens (tertiary/aromatic N) is 1. The maximum Gasteiger partial charge on any atom is 0.270 e. The second-order valence-electron chi connectivity index (χ2n) is 5.61. The highest BCUT2D eigenvalue weighted by molar-refractivity contribution is 5.96. The van der Waals surface area contributed by atoms with Crippen molar-refractivity contribution in [2.75, 3.05) is 13.1 Å². The summed E-state index contributed by atoms with van der Waals surface area (Å²) in [5.41, 5.74) is 1.08. The second kappa shape index (κ2) is 8.58. The monoisotopic (exact) mass is 341 g/mol. The molecule has 1 atom stereocenters. The number of hydrogen-bond donors (Lipinski definition) is 2. The Morgan fingerprint density at radius 3 is 2.48 bits per heavy atom. The molecule has 7 nitrogen and oxygen atoms in total. The number of nitro benzene ring substituents is 1. The molecule has 0 aliphatic heterocycles. The maximum atomic E-state index is 12.0. The van der Waals surface area contributed by atoms with E-state index in [2.05, 4.69) is 10.6 Å². The van der Waals surface area contributed by atoms with Gasteiger partial charge < -0.3 is 10.6 Å².